The number of hydrogen-bond acceptors (Lipinski definition) is 5. The van der Waals surface area contributed by atoms with E-state index in [0.717, 1.165) is 55.0 Å². The van der Waals surface area contributed by atoms with Gasteiger partial charge in [0, 0.05) is 25.2 Å². The predicted octanol–water partition coefficient (Wildman–Crippen LogP) is 4.63. The zero-order valence-corrected chi connectivity index (χ0v) is 19.2. The van der Waals surface area contributed by atoms with Crippen LogP contribution in [-0.4, -0.2) is 54.8 Å². The number of H-pyrrole nitrogens is 1. The molecule has 0 spiro atoms. The Morgan fingerprint density at radius 3 is 2.65 bits per heavy atom. The quantitative estimate of drug-likeness (QED) is 0.595. The minimum Gasteiger partial charge on any atom is -0.446 e. The standard InChI is InChI=1S/C23H34N6O2/c1-6-16-9-17(31-23(30)28(12-14(2)3)13-15(4)5)10-18(16)22-27-26-20-11-25-21-19(29(20)22)7-8-24-21/h7-8,11,14-18,24H,6,9-10,12-13H2,1-5H3. The molecule has 168 valence electrons. The summed E-state index contributed by atoms with van der Waals surface area (Å²) in [5.74, 6) is 2.35. The van der Waals surface area contributed by atoms with Crippen LogP contribution in [0.1, 0.15) is 65.6 Å². The number of aromatic nitrogens is 5. The van der Waals surface area contributed by atoms with Crippen LogP contribution < -0.4 is 0 Å². The minimum absolute atomic E-state index is 0.0971. The van der Waals surface area contributed by atoms with Gasteiger partial charge in [0.2, 0.25) is 0 Å². The second kappa shape index (κ2) is 8.85. The van der Waals surface area contributed by atoms with Gasteiger partial charge in [0.05, 0.1) is 11.7 Å². The van der Waals surface area contributed by atoms with Crippen LogP contribution in [0, 0.1) is 17.8 Å². The first-order chi connectivity index (χ1) is 14.9. The van der Waals surface area contributed by atoms with Crippen LogP contribution in [0.15, 0.2) is 18.5 Å². The van der Waals surface area contributed by atoms with Crippen molar-refractivity contribution in [3.63, 3.8) is 0 Å². The Balaban J connectivity index is 1.55. The maximum Gasteiger partial charge on any atom is 0.410 e. The molecule has 0 saturated heterocycles. The highest BCUT2D eigenvalue weighted by Gasteiger charge is 2.39. The molecule has 8 nitrogen and oxygen atoms in total. The Hall–Kier alpha value is -2.64. The molecule has 1 N–H and O–H groups in total. The lowest BCUT2D eigenvalue weighted by molar-refractivity contribution is 0.0569. The van der Waals surface area contributed by atoms with Gasteiger partial charge in [-0.3, -0.25) is 4.40 Å². The zero-order valence-electron chi connectivity index (χ0n) is 19.2. The number of nitrogens with zero attached hydrogens (tertiary/aromatic N) is 5. The summed E-state index contributed by atoms with van der Waals surface area (Å²) in [7, 11) is 0. The van der Waals surface area contributed by atoms with Crippen molar-refractivity contribution in [2.24, 2.45) is 17.8 Å². The molecule has 0 radical (unpaired) electrons. The van der Waals surface area contributed by atoms with Crippen molar-refractivity contribution in [1.29, 1.82) is 0 Å². The molecule has 3 heterocycles. The van der Waals surface area contributed by atoms with Crippen LogP contribution in [0.2, 0.25) is 0 Å². The fourth-order valence-corrected chi connectivity index (χ4v) is 4.90. The molecule has 3 aromatic rings. The molecular formula is C23H34N6O2. The number of hydrogen-bond donors (Lipinski definition) is 1. The lowest BCUT2D eigenvalue weighted by Gasteiger charge is -2.27. The van der Waals surface area contributed by atoms with E-state index in [2.05, 4.69) is 59.2 Å². The van der Waals surface area contributed by atoms with E-state index >= 15 is 0 Å². The number of amides is 1. The van der Waals surface area contributed by atoms with Crippen molar-refractivity contribution >= 4 is 22.9 Å². The molecule has 4 rings (SSSR count). The smallest absolute Gasteiger partial charge is 0.410 e. The monoisotopic (exact) mass is 426 g/mol. The maximum atomic E-state index is 13.0. The molecule has 3 aromatic heterocycles. The summed E-state index contributed by atoms with van der Waals surface area (Å²) in [6, 6.07) is 2.01. The molecular weight excluding hydrogens is 392 g/mol. The first kappa shape index (κ1) is 21.6. The second-order valence-corrected chi connectivity index (χ2v) is 9.67. The lowest BCUT2D eigenvalue weighted by atomic mass is 9.93. The fourth-order valence-electron chi connectivity index (χ4n) is 4.90. The lowest BCUT2D eigenvalue weighted by Crippen LogP contribution is -2.38. The Kier molecular flexibility index (Phi) is 6.16. The third kappa shape index (κ3) is 4.38. The van der Waals surface area contributed by atoms with Gasteiger partial charge in [-0.1, -0.05) is 41.0 Å². The topological polar surface area (TPSA) is 88.4 Å². The number of nitrogens with one attached hydrogen (secondary N) is 1. The van der Waals surface area contributed by atoms with Gasteiger partial charge < -0.3 is 14.6 Å². The van der Waals surface area contributed by atoms with E-state index in [-0.39, 0.29) is 18.1 Å². The molecule has 0 aromatic carbocycles. The maximum absolute atomic E-state index is 13.0. The third-order valence-electron chi connectivity index (χ3n) is 6.17. The second-order valence-electron chi connectivity index (χ2n) is 9.67. The summed E-state index contributed by atoms with van der Waals surface area (Å²) in [4.78, 5) is 22.4. The van der Waals surface area contributed by atoms with Gasteiger partial charge in [-0.25, -0.2) is 9.78 Å². The number of aromatic amines is 1. The van der Waals surface area contributed by atoms with E-state index in [4.69, 9.17) is 4.74 Å². The van der Waals surface area contributed by atoms with Crippen LogP contribution >= 0.6 is 0 Å². The minimum atomic E-state index is -0.189. The third-order valence-corrected chi connectivity index (χ3v) is 6.17. The highest BCUT2D eigenvalue weighted by Crippen LogP contribution is 2.42. The van der Waals surface area contributed by atoms with Gasteiger partial charge in [0.15, 0.2) is 11.3 Å². The van der Waals surface area contributed by atoms with E-state index in [9.17, 15) is 4.79 Å². The molecule has 8 heteroatoms. The molecule has 3 atom stereocenters. The predicted molar refractivity (Wildman–Crippen MR) is 120 cm³/mol. The fraction of sp³-hybridized carbons (Fsp3) is 0.652. The van der Waals surface area contributed by atoms with Gasteiger partial charge in [0.1, 0.15) is 11.9 Å². The molecule has 1 fully saturated rings. The summed E-state index contributed by atoms with van der Waals surface area (Å²) in [6.45, 7) is 12.2. The summed E-state index contributed by atoms with van der Waals surface area (Å²) < 4.78 is 8.13. The molecule has 1 amide bonds. The summed E-state index contributed by atoms with van der Waals surface area (Å²) in [6.07, 6.45) is 5.99. The van der Waals surface area contributed by atoms with E-state index in [1.54, 1.807) is 6.20 Å². The largest absolute Gasteiger partial charge is 0.446 e. The van der Waals surface area contributed by atoms with Crippen LogP contribution in [0.4, 0.5) is 4.79 Å². The molecule has 3 unspecified atom stereocenters. The molecule has 31 heavy (non-hydrogen) atoms. The summed E-state index contributed by atoms with van der Waals surface area (Å²) in [5.41, 5.74) is 2.55. The Bertz CT molecular complexity index is 1030. The molecule has 1 aliphatic rings. The highest BCUT2D eigenvalue weighted by atomic mass is 16.6. The van der Waals surface area contributed by atoms with E-state index in [0.29, 0.717) is 17.8 Å². The van der Waals surface area contributed by atoms with Gasteiger partial charge >= 0.3 is 6.09 Å². The van der Waals surface area contributed by atoms with Crippen LogP contribution in [0.3, 0.4) is 0 Å². The Morgan fingerprint density at radius 1 is 1.23 bits per heavy atom. The summed E-state index contributed by atoms with van der Waals surface area (Å²) in [5, 5.41) is 8.90. The van der Waals surface area contributed by atoms with Crippen molar-refractivity contribution in [1.82, 2.24) is 29.5 Å². The Morgan fingerprint density at radius 2 is 1.97 bits per heavy atom. The van der Waals surface area contributed by atoms with Crippen molar-refractivity contribution < 1.29 is 9.53 Å². The van der Waals surface area contributed by atoms with Crippen LogP contribution in [0.25, 0.3) is 16.8 Å². The normalized spacial score (nSPS) is 21.6. The molecule has 0 bridgehead atoms. The zero-order chi connectivity index (χ0) is 22.1. The van der Waals surface area contributed by atoms with Crippen LogP contribution in [-0.2, 0) is 4.74 Å². The van der Waals surface area contributed by atoms with Crippen molar-refractivity contribution in [3.8, 4) is 0 Å². The number of carbonyl (C=O) groups excluding carboxylic acids is 1. The average molecular weight is 427 g/mol. The first-order valence-corrected chi connectivity index (χ1v) is 11.5. The number of fused-ring (bicyclic) bond motifs is 3. The van der Waals surface area contributed by atoms with Gasteiger partial charge in [0.25, 0.3) is 0 Å². The highest BCUT2D eigenvalue weighted by molar-refractivity contribution is 5.74. The summed E-state index contributed by atoms with van der Waals surface area (Å²) >= 11 is 0. The molecule has 1 aliphatic carbocycles. The Labute approximate surface area is 183 Å². The van der Waals surface area contributed by atoms with Crippen molar-refractivity contribution in [3.05, 3.63) is 24.3 Å². The number of rotatable bonds is 7. The van der Waals surface area contributed by atoms with Crippen LogP contribution in [0.5, 0.6) is 0 Å². The average Bonchev–Trinajstić information content (AvgIpc) is 3.43. The van der Waals surface area contributed by atoms with Gasteiger partial charge in [-0.05, 0) is 36.7 Å². The molecule has 1 saturated carbocycles. The van der Waals surface area contributed by atoms with E-state index < -0.39 is 0 Å². The van der Waals surface area contributed by atoms with Crippen molar-refractivity contribution in [2.75, 3.05) is 13.1 Å². The van der Waals surface area contributed by atoms with Gasteiger partial charge in [-0.15, -0.1) is 10.2 Å². The SMILES string of the molecule is CCC1CC(OC(=O)N(CC(C)C)CC(C)C)CC1c1nnc2cnc3[nH]ccc3n12. The van der Waals surface area contributed by atoms with E-state index in [1.165, 1.54) is 0 Å². The van der Waals surface area contributed by atoms with E-state index in [1.807, 2.05) is 17.2 Å². The number of carbonyl (C=O) groups is 1. The number of ether oxygens (including phenoxy) is 1. The first-order valence-electron chi connectivity index (χ1n) is 11.5. The van der Waals surface area contributed by atoms with Crippen molar-refractivity contribution in [2.45, 2.75) is 65.9 Å². The van der Waals surface area contributed by atoms with Gasteiger partial charge in [-0.2, -0.15) is 0 Å². The molecule has 0 aliphatic heterocycles.